The van der Waals surface area contributed by atoms with Crippen LogP contribution in [0.3, 0.4) is 0 Å². The van der Waals surface area contributed by atoms with Gasteiger partial charge in [0.25, 0.3) is 0 Å². The van der Waals surface area contributed by atoms with Gasteiger partial charge in [0.2, 0.25) is 5.91 Å². The third kappa shape index (κ3) is 4.63. The second-order valence-corrected chi connectivity index (χ2v) is 7.41. The maximum atomic E-state index is 13.5. The lowest BCUT2D eigenvalue weighted by molar-refractivity contribution is -0.139. The minimum absolute atomic E-state index is 0.145. The number of anilines is 1. The quantitative estimate of drug-likeness (QED) is 0.695. The number of amidine groups is 1. The molecule has 1 aliphatic rings. The van der Waals surface area contributed by atoms with Crippen molar-refractivity contribution in [2.75, 3.05) is 11.9 Å². The lowest BCUT2D eigenvalue weighted by Crippen LogP contribution is -2.33. The first-order chi connectivity index (χ1) is 13.8. The Balaban J connectivity index is 2.06. The summed E-state index contributed by atoms with van der Waals surface area (Å²) in [5.41, 5.74) is 1.75. The molecular formula is C19H18ClFN4O3S. The molecule has 2 heterocycles. The van der Waals surface area contributed by atoms with E-state index in [2.05, 4.69) is 20.6 Å². The summed E-state index contributed by atoms with van der Waals surface area (Å²) in [5, 5.41) is 7.97. The fourth-order valence-electron chi connectivity index (χ4n) is 2.82. The summed E-state index contributed by atoms with van der Waals surface area (Å²) in [6.45, 7) is 5.01. The van der Waals surface area contributed by atoms with Crippen LogP contribution in [-0.4, -0.2) is 29.3 Å². The zero-order valence-corrected chi connectivity index (χ0v) is 17.4. The van der Waals surface area contributed by atoms with Gasteiger partial charge in [0.05, 0.1) is 12.2 Å². The fourth-order valence-corrected chi connectivity index (χ4v) is 3.83. The first-order valence-corrected chi connectivity index (χ1v) is 9.97. The van der Waals surface area contributed by atoms with Crippen molar-refractivity contribution in [2.45, 2.75) is 26.8 Å². The summed E-state index contributed by atoms with van der Waals surface area (Å²) in [6.07, 6.45) is 0. The second kappa shape index (κ2) is 8.71. The van der Waals surface area contributed by atoms with Crippen LogP contribution in [-0.2, 0) is 14.3 Å². The zero-order chi connectivity index (χ0) is 21.1. The number of nitrogens with one attached hydrogen (secondary N) is 2. The van der Waals surface area contributed by atoms with Crippen molar-refractivity contribution in [1.82, 2.24) is 10.3 Å². The van der Waals surface area contributed by atoms with E-state index in [0.717, 1.165) is 0 Å². The molecule has 0 aliphatic carbocycles. The number of aliphatic imine (C=N–C) groups is 1. The van der Waals surface area contributed by atoms with Gasteiger partial charge in [-0.05, 0) is 26.0 Å². The third-order valence-corrected chi connectivity index (χ3v) is 5.11. The number of hydrogen-bond acceptors (Lipinski definition) is 7. The van der Waals surface area contributed by atoms with Crippen molar-refractivity contribution in [2.24, 2.45) is 4.99 Å². The Bertz CT molecular complexity index is 1030. The first-order valence-electron chi connectivity index (χ1n) is 8.71. The van der Waals surface area contributed by atoms with E-state index in [1.807, 2.05) is 0 Å². The van der Waals surface area contributed by atoms with Crippen LogP contribution in [0.25, 0.3) is 0 Å². The highest BCUT2D eigenvalue weighted by atomic mass is 35.5. The van der Waals surface area contributed by atoms with E-state index in [1.165, 1.54) is 36.5 Å². The molecule has 0 bridgehead atoms. The Morgan fingerprint density at radius 1 is 1.41 bits per heavy atom. The van der Waals surface area contributed by atoms with E-state index >= 15 is 0 Å². The largest absolute Gasteiger partial charge is 0.463 e. The molecule has 0 saturated heterocycles. The number of benzene rings is 1. The van der Waals surface area contributed by atoms with Crippen LogP contribution < -0.4 is 10.6 Å². The van der Waals surface area contributed by atoms with Crippen molar-refractivity contribution < 1.29 is 18.7 Å². The lowest BCUT2D eigenvalue weighted by atomic mass is 9.95. The second-order valence-electron chi connectivity index (χ2n) is 6.15. The average molecular weight is 437 g/mol. The van der Waals surface area contributed by atoms with Gasteiger partial charge in [0.15, 0.2) is 11.0 Å². The Kier molecular flexibility index (Phi) is 6.29. The molecule has 1 aliphatic heterocycles. The normalized spacial score (nSPS) is 16.2. The summed E-state index contributed by atoms with van der Waals surface area (Å²) >= 11 is 7.49. The minimum atomic E-state index is -0.802. The summed E-state index contributed by atoms with van der Waals surface area (Å²) in [4.78, 5) is 32.8. The van der Waals surface area contributed by atoms with Gasteiger partial charge >= 0.3 is 5.97 Å². The summed E-state index contributed by atoms with van der Waals surface area (Å²) in [6, 6.07) is 3.12. The smallest absolute Gasteiger partial charge is 0.338 e. The standard InChI is InChI=1S/C19H18ClFN4O3S/c1-4-28-18(27)15-9(2)22-17(14-8-29-19(24-14)23-10(3)26)25-16(15)12-6-5-11(21)7-13(12)20/h5-8,16H,4H2,1-3H3,(H,22,25)(H,23,24,26). The van der Waals surface area contributed by atoms with Crippen molar-refractivity contribution in [1.29, 1.82) is 0 Å². The van der Waals surface area contributed by atoms with Gasteiger partial charge in [0.1, 0.15) is 17.6 Å². The molecule has 1 aromatic carbocycles. The van der Waals surface area contributed by atoms with Gasteiger partial charge in [-0.15, -0.1) is 11.3 Å². The van der Waals surface area contributed by atoms with E-state index in [-0.39, 0.29) is 23.1 Å². The Morgan fingerprint density at radius 3 is 2.83 bits per heavy atom. The third-order valence-electron chi connectivity index (χ3n) is 4.02. The molecule has 0 saturated carbocycles. The van der Waals surface area contributed by atoms with Crippen LogP contribution in [0.4, 0.5) is 9.52 Å². The van der Waals surface area contributed by atoms with E-state index in [4.69, 9.17) is 16.3 Å². The van der Waals surface area contributed by atoms with E-state index in [9.17, 15) is 14.0 Å². The molecule has 2 aromatic rings. The molecule has 2 N–H and O–H groups in total. The molecule has 152 valence electrons. The number of esters is 1. The molecule has 0 spiro atoms. The molecular weight excluding hydrogens is 419 g/mol. The Morgan fingerprint density at radius 2 is 2.17 bits per heavy atom. The number of hydrogen-bond donors (Lipinski definition) is 2. The van der Waals surface area contributed by atoms with Gasteiger partial charge in [-0.3, -0.25) is 9.79 Å². The number of ether oxygens (including phenoxy) is 1. The number of amides is 1. The fraction of sp³-hybridized carbons (Fsp3) is 0.263. The maximum absolute atomic E-state index is 13.5. The van der Waals surface area contributed by atoms with E-state index in [1.54, 1.807) is 19.2 Å². The van der Waals surface area contributed by atoms with Gasteiger partial charge in [-0.25, -0.2) is 14.2 Å². The van der Waals surface area contributed by atoms with Crippen LogP contribution in [0.2, 0.25) is 5.02 Å². The van der Waals surface area contributed by atoms with Crippen molar-refractivity contribution in [3.05, 3.63) is 56.9 Å². The molecule has 10 heteroatoms. The molecule has 0 fully saturated rings. The van der Waals surface area contributed by atoms with Crippen molar-refractivity contribution in [3.63, 3.8) is 0 Å². The molecule has 3 rings (SSSR count). The molecule has 0 radical (unpaired) electrons. The minimum Gasteiger partial charge on any atom is -0.463 e. The Hall–Kier alpha value is -2.78. The number of halogens is 2. The highest BCUT2D eigenvalue weighted by Gasteiger charge is 2.32. The predicted molar refractivity (Wildman–Crippen MR) is 110 cm³/mol. The maximum Gasteiger partial charge on any atom is 0.338 e. The van der Waals surface area contributed by atoms with Crippen molar-refractivity contribution >= 4 is 45.8 Å². The summed E-state index contributed by atoms with van der Waals surface area (Å²) in [5.74, 6) is -0.868. The van der Waals surface area contributed by atoms with Crippen LogP contribution >= 0.6 is 22.9 Å². The molecule has 1 aromatic heterocycles. The predicted octanol–water partition coefficient (Wildman–Crippen LogP) is 3.82. The number of aromatic nitrogens is 1. The first kappa shape index (κ1) is 20.9. The van der Waals surface area contributed by atoms with E-state index in [0.29, 0.717) is 27.9 Å². The number of allylic oxidation sites excluding steroid dienone is 1. The SMILES string of the molecule is CCOC(=O)C1=C(C)NC(c2csc(NC(C)=O)n2)=NC1c1ccc(F)cc1Cl. The van der Waals surface area contributed by atoms with Crippen molar-refractivity contribution in [3.8, 4) is 0 Å². The van der Waals surface area contributed by atoms with Crippen LogP contribution in [0.15, 0.2) is 39.8 Å². The Labute approximate surface area is 175 Å². The number of carbonyl (C=O) groups excluding carboxylic acids is 2. The highest BCUT2D eigenvalue weighted by Crippen LogP contribution is 2.36. The number of thiazole rings is 1. The molecule has 1 amide bonds. The van der Waals surface area contributed by atoms with Crippen LogP contribution in [0.5, 0.6) is 0 Å². The number of carbonyl (C=O) groups is 2. The van der Waals surface area contributed by atoms with Gasteiger partial charge in [-0.1, -0.05) is 17.7 Å². The molecule has 1 unspecified atom stereocenters. The van der Waals surface area contributed by atoms with Crippen LogP contribution in [0.1, 0.15) is 38.1 Å². The number of rotatable bonds is 5. The molecule has 1 atom stereocenters. The van der Waals surface area contributed by atoms with Gasteiger partial charge in [0, 0.05) is 28.6 Å². The highest BCUT2D eigenvalue weighted by molar-refractivity contribution is 7.14. The summed E-state index contributed by atoms with van der Waals surface area (Å²) < 4.78 is 18.7. The molecule has 7 nitrogen and oxygen atoms in total. The topological polar surface area (TPSA) is 92.7 Å². The average Bonchev–Trinajstić information content (AvgIpc) is 3.09. The zero-order valence-electron chi connectivity index (χ0n) is 15.9. The van der Waals surface area contributed by atoms with Gasteiger partial charge < -0.3 is 15.4 Å². The molecule has 29 heavy (non-hydrogen) atoms. The monoisotopic (exact) mass is 436 g/mol. The van der Waals surface area contributed by atoms with Crippen LogP contribution in [0, 0.1) is 5.82 Å². The van der Waals surface area contributed by atoms with Gasteiger partial charge in [-0.2, -0.15) is 0 Å². The summed E-state index contributed by atoms with van der Waals surface area (Å²) in [7, 11) is 0. The number of nitrogens with zero attached hydrogens (tertiary/aromatic N) is 2. The lowest BCUT2D eigenvalue weighted by Gasteiger charge is -2.26. The van der Waals surface area contributed by atoms with E-state index < -0.39 is 17.8 Å².